The van der Waals surface area contributed by atoms with E-state index in [1.54, 1.807) is 48.8 Å². The van der Waals surface area contributed by atoms with E-state index in [1.165, 1.54) is 0 Å². The molecule has 1 amide bonds. The number of rotatable bonds is 6. The number of anilines is 1. The first kappa shape index (κ1) is 17.9. The Hall–Kier alpha value is -2.86. The number of pyridine rings is 1. The highest BCUT2D eigenvalue weighted by Gasteiger charge is 2.06. The lowest BCUT2D eigenvalue weighted by atomic mass is 10.2. The molecule has 0 saturated carbocycles. The summed E-state index contributed by atoms with van der Waals surface area (Å²) in [7, 11) is 0. The van der Waals surface area contributed by atoms with E-state index in [4.69, 9.17) is 9.47 Å². The number of nitrogens with one attached hydrogen (secondary N) is 1. The normalized spacial score (nSPS) is 10.2. The van der Waals surface area contributed by atoms with Crippen molar-refractivity contribution in [3.8, 4) is 17.2 Å². The lowest BCUT2D eigenvalue weighted by Gasteiger charge is -2.10. The number of nitrogens with zero attached hydrogens (tertiary/aromatic N) is 1. The van der Waals surface area contributed by atoms with E-state index in [2.05, 4.69) is 26.2 Å². The third kappa shape index (κ3) is 5.07. The molecule has 6 heteroatoms. The number of carbonyl (C=O) groups excluding carboxylic acids is 1. The van der Waals surface area contributed by atoms with Crippen LogP contribution in [-0.2, 0) is 4.79 Å². The summed E-state index contributed by atoms with van der Waals surface area (Å²) < 4.78 is 12.2. The van der Waals surface area contributed by atoms with E-state index in [9.17, 15) is 4.79 Å². The number of hydrogen-bond acceptors (Lipinski definition) is 4. The first-order valence-electron chi connectivity index (χ1n) is 7.97. The number of carbonyl (C=O) groups is 1. The predicted molar refractivity (Wildman–Crippen MR) is 104 cm³/mol. The van der Waals surface area contributed by atoms with Crippen molar-refractivity contribution in [2.24, 2.45) is 0 Å². The minimum absolute atomic E-state index is 0.0694. The summed E-state index contributed by atoms with van der Waals surface area (Å²) >= 11 is 3.40. The van der Waals surface area contributed by atoms with E-state index in [1.807, 2.05) is 25.1 Å². The van der Waals surface area contributed by atoms with E-state index in [-0.39, 0.29) is 12.5 Å². The van der Waals surface area contributed by atoms with Crippen LogP contribution in [0.15, 0.2) is 71.5 Å². The smallest absolute Gasteiger partial charge is 0.262 e. The van der Waals surface area contributed by atoms with Crippen LogP contribution in [-0.4, -0.2) is 17.5 Å². The number of hydrogen-bond donors (Lipinski definition) is 1. The molecule has 1 aromatic heterocycles. The number of aryl methyl sites for hydroxylation is 1. The van der Waals surface area contributed by atoms with Crippen molar-refractivity contribution in [1.29, 1.82) is 0 Å². The van der Waals surface area contributed by atoms with Crippen molar-refractivity contribution in [2.75, 3.05) is 11.9 Å². The standard InChI is InChI=1S/C20H17BrN2O3/c1-14-12-15(21)2-7-19(14)23-20(24)13-25-16-3-5-17(6-4-16)26-18-8-10-22-11-9-18/h2-12H,13H2,1H3,(H,23,24). The highest BCUT2D eigenvalue weighted by Crippen LogP contribution is 2.23. The molecule has 0 saturated heterocycles. The largest absolute Gasteiger partial charge is 0.484 e. The second kappa shape index (κ2) is 8.49. The Bertz CT molecular complexity index is 883. The average molecular weight is 413 g/mol. The number of halogens is 1. The van der Waals surface area contributed by atoms with Crippen molar-refractivity contribution >= 4 is 27.5 Å². The molecule has 0 aliphatic rings. The summed E-state index contributed by atoms with van der Waals surface area (Å²) in [6.07, 6.45) is 3.33. The van der Waals surface area contributed by atoms with Crippen LogP contribution in [0.5, 0.6) is 17.2 Å². The zero-order valence-corrected chi connectivity index (χ0v) is 15.7. The molecule has 0 aliphatic carbocycles. The monoisotopic (exact) mass is 412 g/mol. The van der Waals surface area contributed by atoms with E-state index in [0.717, 1.165) is 15.7 Å². The molecule has 0 radical (unpaired) electrons. The van der Waals surface area contributed by atoms with E-state index >= 15 is 0 Å². The van der Waals surface area contributed by atoms with Crippen LogP contribution in [0.1, 0.15) is 5.56 Å². The molecule has 0 bridgehead atoms. The van der Waals surface area contributed by atoms with Gasteiger partial charge in [0.05, 0.1) is 0 Å². The molecule has 3 rings (SSSR count). The van der Waals surface area contributed by atoms with Gasteiger partial charge in [0, 0.05) is 22.6 Å². The van der Waals surface area contributed by atoms with Crippen molar-refractivity contribution in [2.45, 2.75) is 6.92 Å². The van der Waals surface area contributed by atoms with Crippen molar-refractivity contribution in [1.82, 2.24) is 4.98 Å². The molecular weight excluding hydrogens is 396 g/mol. The number of aromatic nitrogens is 1. The van der Waals surface area contributed by atoms with Gasteiger partial charge in [-0.15, -0.1) is 0 Å². The Kier molecular flexibility index (Phi) is 5.86. The molecule has 0 atom stereocenters. The van der Waals surface area contributed by atoms with Gasteiger partial charge in [-0.05, 0) is 67.1 Å². The maximum absolute atomic E-state index is 12.1. The van der Waals surface area contributed by atoms with Crippen molar-refractivity contribution in [3.63, 3.8) is 0 Å². The summed E-state index contributed by atoms with van der Waals surface area (Å²) in [5.74, 6) is 1.76. The summed E-state index contributed by atoms with van der Waals surface area (Å²) in [6, 6.07) is 16.3. The Morgan fingerprint density at radius 2 is 1.65 bits per heavy atom. The van der Waals surface area contributed by atoms with Gasteiger partial charge >= 0.3 is 0 Å². The highest BCUT2D eigenvalue weighted by atomic mass is 79.9. The van der Waals surface area contributed by atoms with Crippen LogP contribution in [0.2, 0.25) is 0 Å². The quantitative estimate of drug-likeness (QED) is 0.621. The molecule has 26 heavy (non-hydrogen) atoms. The molecule has 0 fully saturated rings. The molecule has 2 aromatic carbocycles. The minimum Gasteiger partial charge on any atom is -0.484 e. The lowest BCUT2D eigenvalue weighted by Crippen LogP contribution is -2.20. The van der Waals surface area contributed by atoms with Crippen LogP contribution in [0.4, 0.5) is 5.69 Å². The van der Waals surface area contributed by atoms with Crippen LogP contribution < -0.4 is 14.8 Å². The summed E-state index contributed by atoms with van der Waals surface area (Å²) in [6.45, 7) is 1.86. The van der Waals surface area contributed by atoms with E-state index in [0.29, 0.717) is 17.2 Å². The predicted octanol–water partition coefficient (Wildman–Crippen LogP) is 4.96. The number of ether oxygens (including phenoxy) is 2. The SMILES string of the molecule is Cc1cc(Br)ccc1NC(=O)COc1ccc(Oc2ccncc2)cc1. The van der Waals surface area contributed by atoms with Gasteiger partial charge in [-0.1, -0.05) is 15.9 Å². The van der Waals surface area contributed by atoms with Crippen molar-refractivity contribution < 1.29 is 14.3 Å². The maximum Gasteiger partial charge on any atom is 0.262 e. The van der Waals surface area contributed by atoms with Crippen molar-refractivity contribution in [3.05, 3.63) is 77.0 Å². The lowest BCUT2D eigenvalue weighted by molar-refractivity contribution is -0.118. The maximum atomic E-state index is 12.1. The third-order valence-corrected chi connectivity index (χ3v) is 4.03. The molecule has 0 aliphatic heterocycles. The summed E-state index contributed by atoms with van der Waals surface area (Å²) in [5.41, 5.74) is 1.74. The van der Waals surface area contributed by atoms with Gasteiger partial charge in [-0.3, -0.25) is 9.78 Å². The molecule has 3 aromatic rings. The van der Waals surface area contributed by atoms with Gasteiger partial charge in [0.2, 0.25) is 0 Å². The molecule has 132 valence electrons. The Morgan fingerprint density at radius 3 is 2.35 bits per heavy atom. The van der Waals surface area contributed by atoms with Gasteiger partial charge in [0.15, 0.2) is 6.61 Å². The van der Waals surface area contributed by atoms with Gasteiger partial charge in [-0.25, -0.2) is 0 Å². The summed E-state index contributed by atoms with van der Waals surface area (Å²) in [4.78, 5) is 16.0. The third-order valence-electron chi connectivity index (χ3n) is 3.54. The average Bonchev–Trinajstić information content (AvgIpc) is 2.64. The zero-order chi connectivity index (χ0) is 18.4. The topological polar surface area (TPSA) is 60.5 Å². The van der Waals surface area contributed by atoms with Crippen LogP contribution in [0.3, 0.4) is 0 Å². The first-order valence-corrected chi connectivity index (χ1v) is 8.76. The number of benzene rings is 2. The number of amides is 1. The highest BCUT2D eigenvalue weighted by molar-refractivity contribution is 9.10. The van der Waals surface area contributed by atoms with Crippen LogP contribution in [0, 0.1) is 6.92 Å². The van der Waals surface area contributed by atoms with E-state index < -0.39 is 0 Å². The molecule has 0 spiro atoms. The Labute approximate surface area is 160 Å². The second-order valence-electron chi connectivity index (χ2n) is 5.55. The molecule has 1 heterocycles. The van der Waals surface area contributed by atoms with Gasteiger partial charge < -0.3 is 14.8 Å². The molecular formula is C20H17BrN2O3. The van der Waals surface area contributed by atoms with Gasteiger partial charge in [0.25, 0.3) is 5.91 Å². The molecule has 5 nitrogen and oxygen atoms in total. The Morgan fingerprint density at radius 1 is 1.00 bits per heavy atom. The molecule has 1 N–H and O–H groups in total. The first-order chi connectivity index (χ1) is 12.6. The zero-order valence-electron chi connectivity index (χ0n) is 14.1. The van der Waals surface area contributed by atoms with Gasteiger partial charge in [0.1, 0.15) is 17.2 Å². The fraction of sp³-hybridized carbons (Fsp3) is 0.100. The fourth-order valence-electron chi connectivity index (χ4n) is 2.25. The van der Waals surface area contributed by atoms with Crippen LogP contribution in [0.25, 0.3) is 0 Å². The van der Waals surface area contributed by atoms with Crippen LogP contribution >= 0.6 is 15.9 Å². The Balaban J connectivity index is 1.52. The fourth-order valence-corrected chi connectivity index (χ4v) is 2.72. The second-order valence-corrected chi connectivity index (χ2v) is 6.47. The molecule has 0 unspecified atom stereocenters. The van der Waals surface area contributed by atoms with Gasteiger partial charge in [-0.2, -0.15) is 0 Å². The minimum atomic E-state index is -0.215. The summed E-state index contributed by atoms with van der Waals surface area (Å²) in [5, 5.41) is 2.84.